The average molecular weight is 328 g/mol. The van der Waals surface area contributed by atoms with E-state index in [1.165, 1.54) is 23.5 Å². The number of hydrogen-bond acceptors (Lipinski definition) is 4. The van der Waals surface area contributed by atoms with Gasteiger partial charge in [-0.15, -0.1) is 11.3 Å². The van der Waals surface area contributed by atoms with Gasteiger partial charge in [-0.3, -0.25) is 0 Å². The minimum Gasteiger partial charge on any atom is -0.316 e. The van der Waals surface area contributed by atoms with Crippen molar-refractivity contribution in [2.75, 3.05) is 7.05 Å². The summed E-state index contributed by atoms with van der Waals surface area (Å²) in [5.41, 5.74) is 0.711. The molecule has 2 aromatic rings. The third kappa shape index (κ3) is 3.88. The van der Waals surface area contributed by atoms with Crippen molar-refractivity contribution in [3.63, 3.8) is 0 Å². The lowest BCUT2D eigenvalue weighted by molar-refractivity contribution is 0.547. The van der Waals surface area contributed by atoms with Crippen LogP contribution in [0.25, 0.3) is 0 Å². The van der Waals surface area contributed by atoms with E-state index in [-0.39, 0.29) is 4.90 Å². The molecule has 0 radical (unpaired) electrons. The fourth-order valence-corrected chi connectivity index (χ4v) is 4.12. The van der Waals surface area contributed by atoms with E-state index < -0.39 is 21.9 Å². The molecule has 0 aliphatic rings. The summed E-state index contributed by atoms with van der Waals surface area (Å²) in [5, 5.41) is 4.78. The van der Waals surface area contributed by atoms with E-state index in [1.54, 1.807) is 20.0 Å². The Morgan fingerprint density at radius 3 is 2.71 bits per heavy atom. The Balaban J connectivity index is 2.28. The zero-order valence-electron chi connectivity index (χ0n) is 11.8. The summed E-state index contributed by atoms with van der Waals surface area (Å²) in [6.07, 6.45) is 0. The largest absolute Gasteiger partial charge is 0.316 e. The average Bonchev–Trinajstić information content (AvgIpc) is 2.94. The summed E-state index contributed by atoms with van der Waals surface area (Å²) in [7, 11) is -2.16. The molecule has 0 spiro atoms. The quantitative estimate of drug-likeness (QED) is 0.857. The molecule has 21 heavy (non-hydrogen) atoms. The number of sulfonamides is 1. The molecule has 1 aromatic heterocycles. The smallest absolute Gasteiger partial charge is 0.244 e. The van der Waals surface area contributed by atoms with E-state index in [0.717, 1.165) is 4.88 Å². The maximum atomic E-state index is 13.9. The topological polar surface area (TPSA) is 58.2 Å². The SMILES string of the molecule is CNCc1ccc(F)c(S(=O)(=O)NC(C)c2cccs2)c1. The first-order chi connectivity index (χ1) is 9.94. The fourth-order valence-electron chi connectivity index (χ4n) is 1.96. The summed E-state index contributed by atoms with van der Waals surface area (Å²) in [4.78, 5) is 0.559. The highest BCUT2D eigenvalue weighted by atomic mass is 32.2. The lowest BCUT2D eigenvalue weighted by Gasteiger charge is -2.14. The van der Waals surface area contributed by atoms with Gasteiger partial charge in [0.05, 0.1) is 6.04 Å². The number of hydrogen-bond donors (Lipinski definition) is 2. The molecule has 0 fully saturated rings. The first-order valence-electron chi connectivity index (χ1n) is 6.43. The number of halogens is 1. The van der Waals surface area contributed by atoms with E-state index in [9.17, 15) is 12.8 Å². The van der Waals surface area contributed by atoms with Crippen molar-refractivity contribution in [1.29, 1.82) is 0 Å². The van der Waals surface area contributed by atoms with Gasteiger partial charge in [0.15, 0.2) is 0 Å². The Hall–Kier alpha value is -1.28. The molecule has 0 amide bonds. The van der Waals surface area contributed by atoms with Crippen LogP contribution in [0.3, 0.4) is 0 Å². The highest BCUT2D eigenvalue weighted by molar-refractivity contribution is 7.89. The third-order valence-corrected chi connectivity index (χ3v) is 5.58. The molecule has 2 rings (SSSR count). The minimum atomic E-state index is -3.90. The Labute approximate surface area is 128 Å². The second kappa shape index (κ2) is 6.65. The van der Waals surface area contributed by atoms with Crippen LogP contribution in [0.1, 0.15) is 23.4 Å². The van der Waals surface area contributed by atoms with Crippen molar-refractivity contribution in [3.8, 4) is 0 Å². The van der Waals surface area contributed by atoms with Gasteiger partial charge in [-0.25, -0.2) is 17.5 Å². The van der Waals surface area contributed by atoms with Gasteiger partial charge in [-0.2, -0.15) is 0 Å². The van der Waals surface area contributed by atoms with Gasteiger partial charge >= 0.3 is 0 Å². The summed E-state index contributed by atoms with van der Waals surface area (Å²) in [6.45, 7) is 2.21. The molecule has 1 heterocycles. The van der Waals surface area contributed by atoms with Crippen LogP contribution >= 0.6 is 11.3 Å². The van der Waals surface area contributed by atoms with E-state index >= 15 is 0 Å². The second-order valence-corrected chi connectivity index (χ2v) is 7.32. The molecule has 0 bridgehead atoms. The fraction of sp³-hybridized carbons (Fsp3) is 0.286. The van der Waals surface area contributed by atoms with Crippen molar-refractivity contribution in [2.24, 2.45) is 0 Å². The summed E-state index contributed by atoms with van der Waals surface area (Å²) in [5.74, 6) is -0.749. The van der Waals surface area contributed by atoms with Crippen LogP contribution < -0.4 is 10.0 Å². The van der Waals surface area contributed by atoms with Crippen LogP contribution in [0.2, 0.25) is 0 Å². The Morgan fingerprint density at radius 2 is 2.10 bits per heavy atom. The van der Waals surface area contributed by atoms with E-state index in [1.807, 2.05) is 17.5 Å². The highest BCUT2D eigenvalue weighted by Gasteiger charge is 2.22. The monoisotopic (exact) mass is 328 g/mol. The van der Waals surface area contributed by atoms with E-state index in [4.69, 9.17) is 0 Å². The van der Waals surface area contributed by atoms with Crippen LogP contribution in [-0.2, 0) is 16.6 Å². The molecular weight excluding hydrogens is 311 g/mol. The maximum Gasteiger partial charge on any atom is 0.244 e. The first-order valence-corrected chi connectivity index (χ1v) is 8.79. The van der Waals surface area contributed by atoms with E-state index in [2.05, 4.69) is 10.0 Å². The molecule has 114 valence electrons. The molecule has 0 saturated heterocycles. The molecule has 0 aliphatic heterocycles. The molecule has 1 aromatic carbocycles. The summed E-state index contributed by atoms with van der Waals surface area (Å²) in [6, 6.07) is 7.38. The van der Waals surface area contributed by atoms with Crippen molar-refractivity contribution >= 4 is 21.4 Å². The molecule has 4 nitrogen and oxygen atoms in total. The van der Waals surface area contributed by atoms with Crippen molar-refractivity contribution < 1.29 is 12.8 Å². The summed E-state index contributed by atoms with van der Waals surface area (Å²) >= 11 is 1.45. The maximum absolute atomic E-state index is 13.9. The second-order valence-electron chi connectivity index (χ2n) is 4.65. The van der Waals surface area contributed by atoms with Crippen molar-refractivity contribution in [2.45, 2.75) is 24.4 Å². The number of rotatable bonds is 6. The van der Waals surface area contributed by atoms with Crippen LogP contribution in [0, 0.1) is 5.82 Å². The lowest BCUT2D eigenvalue weighted by Crippen LogP contribution is -2.27. The third-order valence-electron chi connectivity index (χ3n) is 2.97. The Kier molecular flexibility index (Phi) is 5.10. The molecule has 0 aliphatic carbocycles. The van der Waals surface area contributed by atoms with Crippen LogP contribution in [0.15, 0.2) is 40.6 Å². The molecule has 1 unspecified atom stereocenters. The Bertz CT molecular complexity index is 700. The number of thiophene rings is 1. The zero-order chi connectivity index (χ0) is 15.5. The zero-order valence-corrected chi connectivity index (χ0v) is 13.4. The number of benzene rings is 1. The minimum absolute atomic E-state index is 0.321. The van der Waals surface area contributed by atoms with Gasteiger partial charge in [0.25, 0.3) is 0 Å². The van der Waals surface area contributed by atoms with Crippen LogP contribution in [0.5, 0.6) is 0 Å². The Morgan fingerprint density at radius 1 is 1.33 bits per heavy atom. The molecule has 2 N–H and O–H groups in total. The van der Waals surface area contributed by atoms with Gasteiger partial charge in [-0.05, 0) is 43.1 Å². The molecule has 1 atom stereocenters. The molecule has 0 saturated carbocycles. The van der Waals surface area contributed by atoms with Gasteiger partial charge in [0.2, 0.25) is 10.0 Å². The summed E-state index contributed by atoms with van der Waals surface area (Å²) < 4.78 is 41.1. The first kappa shape index (κ1) is 16.1. The standard InChI is InChI=1S/C14H17FN2O2S2/c1-10(13-4-3-7-20-13)17-21(18,19)14-8-11(9-16-2)5-6-12(14)15/h3-8,10,16-17H,9H2,1-2H3. The van der Waals surface area contributed by atoms with Crippen LogP contribution in [-0.4, -0.2) is 15.5 Å². The van der Waals surface area contributed by atoms with Crippen molar-refractivity contribution in [1.82, 2.24) is 10.0 Å². The predicted octanol–water partition coefficient (Wildman–Crippen LogP) is 2.65. The molecule has 7 heteroatoms. The molecular formula is C14H17FN2O2S2. The van der Waals surface area contributed by atoms with Gasteiger partial charge < -0.3 is 5.32 Å². The predicted molar refractivity (Wildman–Crippen MR) is 82.2 cm³/mol. The van der Waals surface area contributed by atoms with Gasteiger partial charge in [0, 0.05) is 11.4 Å². The normalized spacial score (nSPS) is 13.3. The lowest BCUT2D eigenvalue weighted by atomic mass is 10.2. The van der Waals surface area contributed by atoms with Gasteiger partial charge in [-0.1, -0.05) is 12.1 Å². The number of nitrogens with one attached hydrogen (secondary N) is 2. The highest BCUT2D eigenvalue weighted by Crippen LogP contribution is 2.22. The van der Waals surface area contributed by atoms with Gasteiger partial charge in [0.1, 0.15) is 10.7 Å². The van der Waals surface area contributed by atoms with Crippen LogP contribution in [0.4, 0.5) is 4.39 Å². The van der Waals surface area contributed by atoms with Crippen molar-refractivity contribution in [3.05, 3.63) is 52.0 Å². The van der Waals surface area contributed by atoms with E-state index in [0.29, 0.717) is 12.1 Å².